The number of nitrogens with zero attached hydrogens (tertiary/aromatic N) is 1. The third-order valence-electron chi connectivity index (χ3n) is 8.48. The van der Waals surface area contributed by atoms with Gasteiger partial charge in [-0.05, 0) is 73.6 Å². The molecule has 4 atom stereocenters. The van der Waals surface area contributed by atoms with Crippen LogP contribution in [-0.2, 0) is 35.7 Å². The summed E-state index contributed by atoms with van der Waals surface area (Å²) < 4.78 is 65.7. The van der Waals surface area contributed by atoms with E-state index in [1.165, 1.54) is 10.7 Å². The molecule has 5 fully saturated rings. The molecule has 5 aliphatic rings. The van der Waals surface area contributed by atoms with Crippen molar-refractivity contribution in [1.82, 2.24) is 4.31 Å². The predicted molar refractivity (Wildman–Crippen MR) is 107 cm³/mol. The maximum Gasteiger partial charge on any atom is 0.416 e. The van der Waals surface area contributed by atoms with E-state index in [4.69, 9.17) is 19.6 Å². The van der Waals surface area contributed by atoms with Crippen LogP contribution >= 0.6 is 0 Å². The second kappa shape index (κ2) is 7.38. The van der Waals surface area contributed by atoms with Gasteiger partial charge in [0, 0.05) is 25.9 Å². The molecule has 4 unspecified atom stereocenters. The summed E-state index contributed by atoms with van der Waals surface area (Å²) in [6.07, 6.45) is 0.928. The Hall–Kier alpha value is -1.24. The van der Waals surface area contributed by atoms with E-state index in [-0.39, 0.29) is 43.0 Å². The highest BCUT2D eigenvalue weighted by molar-refractivity contribution is 7.89. The van der Waals surface area contributed by atoms with Gasteiger partial charge in [-0.2, -0.15) is 27.3 Å². The van der Waals surface area contributed by atoms with Crippen molar-refractivity contribution >= 4 is 10.0 Å². The maximum atomic E-state index is 13.0. The van der Waals surface area contributed by atoms with Gasteiger partial charge in [0.1, 0.15) is 0 Å². The summed E-state index contributed by atoms with van der Waals surface area (Å²) in [5, 5.41) is 0. The molecule has 33 heavy (non-hydrogen) atoms. The average molecular weight is 490 g/mol. The summed E-state index contributed by atoms with van der Waals surface area (Å²) in [7, 11) is -3.96. The highest BCUT2D eigenvalue weighted by atomic mass is 32.2. The van der Waals surface area contributed by atoms with Crippen molar-refractivity contribution in [2.45, 2.75) is 74.0 Å². The normalized spacial score (nSPS) is 38.3. The van der Waals surface area contributed by atoms with E-state index < -0.39 is 27.6 Å². The molecular weight excluding hydrogens is 463 g/mol. The highest BCUT2D eigenvalue weighted by Crippen LogP contribution is 2.69. The number of rotatable bonds is 2. The number of sulfonamides is 1. The number of piperidine rings is 1. The SMILES string of the molecule is O=S(=O)(c1ccc(C(F)(F)F)cc1)N1CCC2(CC1)OOC1CC3CC4CC(CC34C1)OO2. The first-order valence-electron chi connectivity index (χ1n) is 11.5. The van der Waals surface area contributed by atoms with E-state index in [1.54, 1.807) is 0 Å². The lowest BCUT2D eigenvalue weighted by Gasteiger charge is -2.48. The van der Waals surface area contributed by atoms with Crippen molar-refractivity contribution in [2.24, 2.45) is 17.3 Å². The van der Waals surface area contributed by atoms with E-state index in [9.17, 15) is 21.6 Å². The first-order chi connectivity index (χ1) is 15.6. The fourth-order valence-corrected chi connectivity index (χ4v) is 8.16. The van der Waals surface area contributed by atoms with Crippen molar-refractivity contribution < 1.29 is 41.1 Å². The Morgan fingerprint density at radius 1 is 0.879 bits per heavy atom. The van der Waals surface area contributed by atoms with Crippen LogP contribution in [0, 0.1) is 17.3 Å². The molecule has 0 radical (unpaired) electrons. The molecule has 0 N–H and O–H groups in total. The first-order valence-corrected chi connectivity index (χ1v) is 12.9. The van der Waals surface area contributed by atoms with E-state index in [1.807, 2.05) is 0 Å². The zero-order valence-electron chi connectivity index (χ0n) is 17.9. The van der Waals surface area contributed by atoms with Gasteiger partial charge in [-0.1, -0.05) is 0 Å². The number of fused-ring (bicyclic) bond motifs is 2. The van der Waals surface area contributed by atoms with Gasteiger partial charge in [0.25, 0.3) is 0 Å². The summed E-state index contributed by atoms with van der Waals surface area (Å²) in [6.45, 7) is 0.140. The second-order valence-electron chi connectivity index (χ2n) is 10.2. The monoisotopic (exact) mass is 489 g/mol. The number of hydrogen-bond donors (Lipinski definition) is 0. The zero-order chi connectivity index (χ0) is 23.1. The van der Waals surface area contributed by atoms with Crippen LogP contribution in [-0.4, -0.2) is 43.8 Å². The van der Waals surface area contributed by atoms with Crippen LogP contribution in [0.2, 0.25) is 0 Å². The van der Waals surface area contributed by atoms with Crippen LogP contribution in [0.5, 0.6) is 0 Å². The second-order valence-corrected chi connectivity index (χ2v) is 12.1. The Balaban J connectivity index is 1.15. The third-order valence-corrected chi connectivity index (χ3v) is 10.4. The summed E-state index contributed by atoms with van der Waals surface area (Å²) in [5.41, 5.74) is -0.594. The number of alkyl halides is 3. The van der Waals surface area contributed by atoms with Crippen molar-refractivity contribution in [3.63, 3.8) is 0 Å². The largest absolute Gasteiger partial charge is 0.416 e. The lowest BCUT2D eigenvalue weighted by Crippen LogP contribution is -2.50. The van der Waals surface area contributed by atoms with Crippen LogP contribution in [0.15, 0.2) is 29.2 Å². The summed E-state index contributed by atoms with van der Waals surface area (Å²) in [5.74, 6) is 0.0885. The molecule has 3 aliphatic carbocycles. The Labute approximate surface area is 190 Å². The molecule has 11 heteroatoms. The van der Waals surface area contributed by atoms with Crippen LogP contribution in [0.1, 0.15) is 50.5 Å². The van der Waals surface area contributed by atoms with E-state index in [0.717, 1.165) is 49.9 Å². The van der Waals surface area contributed by atoms with E-state index in [2.05, 4.69) is 0 Å². The number of hydrogen-bond acceptors (Lipinski definition) is 6. The van der Waals surface area contributed by atoms with Gasteiger partial charge >= 0.3 is 6.18 Å². The molecule has 2 heterocycles. The lowest BCUT2D eigenvalue weighted by atomic mass is 9.56. The minimum Gasteiger partial charge on any atom is -0.230 e. The van der Waals surface area contributed by atoms with Gasteiger partial charge in [-0.15, -0.1) is 0 Å². The molecule has 1 aromatic rings. The number of halogens is 3. The molecule has 6 rings (SSSR count). The standard InChI is InChI=1S/C22H26F3NO6S/c23-22(24,25)14-1-3-19(4-2-14)33(27,28)26-7-5-21(6-8-26)31-29-17-10-15-9-16-11-18(30-32-21)13-20(15,16)12-17/h1-4,15-18H,5-13H2. The minimum atomic E-state index is -4.52. The van der Waals surface area contributed by atoms with Gasteiger partial charge in [-0.25, -0.2) is 18.2 Å². The third kappa shape index (κ3) is 3.54. The number of benzene rings is 1. The Morgan fingerprint density at radius 3 is 1.94 bits per heavy atom. The van der Waals surface area contributed by atoms with Gasteiger partial charge in [0.15, 0.2) is 0 Å². The van der Waals surface area contributed by atoms with Gasteiger partial charge in [-0.3, -0.25) is 0 Å². The smallest absolute Gasteiger partial charge is 0.230 e. The lowest BCUT2D eigenvalue weighted by molar-refractivity contribution is -0.533. The highest BCUT2D eigenvalue weighted by Gasteiger charge is 2.65. The first kappa shape index (κ1) is 22.2. The molecule has 3 saturated carbocycles. The van der Waals surface area contributed by atoms with Crippen LogP contribution < -0.4 is 0 Å². The molecule has 0 aromatic heterocycles. The van der Waals surface area contributed by atoms with Crippen LogP contribution in [0.4, 0.5) is 13.2 Å². The van der Waals surface area contributed by atoms with Gasteiger partial charge < -0.3 is 0 Å². The zero-order valence-corrected chi connectivity index (χ0v) is 18.7. The van der Waals surface area contributed by atoms with Crippen molar-refractivity contribution in [3.8, 4) is 0 Å². The van der Waals surface area contributed by atoms with Gasteiger partial charge in [0.05, 0.1) is 22.7 Å². The molecule has 2 saturated heterocycles. The molecule has 0 amide bonds. The summed E-state index contributed by atoms with van der Waals surface area (Å²) in [4.78, 5) is 23.0. The topological polar surface area (TPSA) is 74.3 Å². The van der Waals surface area contributed by atoms with Crippen molar-refractivity contribution in [1.29, 1.82) is 0 Å². The quantitative estimate of drug-likeness (QED) is 0.584. The summed E-state index contributed by atoms with van der Waals surface area (Å²) >= 11 is 0. The molecule has 2 aliphatic heterocycles. The van der Waals surface area contributed by atoms with Crippen molar-refractivity contribution in [2.75, 3.05) is 13.1 Å². The Kier molecular flexibility index (Phi) is 4.97. The molecule has 1 aromatic carbocycles. The fraction of sp³-hybridized carbons (Fsp3) is 0.727. The van der Waals surface area contributed by atoms with E-state index >= 15 is 0 Å². The molecule has 2 spiro atoms. The maximum absolute atomic E-state index is 13.0. The predicted octanol–water partition coefficient (Wildman–Crippen LogP) is 4.04. The summed E-state index contributed by atoms with van der Waals surface area (Å²) in [6, 6.07) is 3.54. The fourth-order valence-electron chi connectivity index (χ4n) is 6.72. The van der Waals surface area contributed by atoms with Crippen LogP contribution in [0.25, 0.3) is 0 Å². The minimum absolute atomic E-state index is 0.00577. The molecule has 3 bridgehead atoms. The molecule has 7 nitrogen and oxygen atoms in total. The van der Waals surface area contributed by atoms with Gasteiger partial charge in [0.2, 0.25) is 15.8 Å². The Morgan fingerprint density at radius 2 is 1.42 bits per heavy atom. The van der Waals surface area contributed by atoms with Crippen molar-refractivity contribution in [3.05, 3.63) is 29.8 Å². The molecule has 182 valence electrons. The Bertz CT molecular complexity index is 992. The average Bonchev–Trinajstić information content (AvgIpc) is 3.21. The molecular formula is C22H26F3NO6S. The van der Waals surface area contributed by atoms with Crippen LogP contribution in [0.3, 0.4) is 0 Å². The van der Waals surface area contributed by atoms with E-state index in [0.29, 0.717) is 17.3 Å².